The van der Waals surface area contributed by atoms with E-state index >= 15 is 0 Å². The Bertz CT molecular complexity index is 1230. The number of unbranched alkanes of at least 4 members (excludes halogenated alkanes) is 10. The second kappa shape index (κ2) is 35.6. The lowest BCUT2D eigenvalue weighted by Gasteiger charge is -2.18. The van der Waals surface area contributed by atoms with Crippen molar-refractivity contribution in [1.29, 1.82) is 0 Å². The molecule has 0 aromatic rings. The molecule has 0 bridgehead atoms. The summed E-state index contributed by atoms with van der Waals surface area (Å²) in [6.45, 7) is 3.46. The quantitative estimate of drug-likeness (QED) is 0.0209. The average Bonchev–Trinajstić information content (AvgIpc) is 3.91. The highest BCUT2D eigenvalue weighted by atomic mass is 31.2. The third-order valence-electron chi connectivity index (χ3n) is 8.81. The van der Waals surface area contributed by atoms with Gasteiger partial charge in [-0.2, -0.15) is 0 Å². The second-order valence-corrected chi connectivity index (χ2v) is 15.2. The molecule has 1 fully saturated rings. The Morgan fingerprint density at radius 3 is 1.64 bits per heavy atom. The smallest absolute Gasteiger partial charge is 0.462 e. The Balaban J connectivity index is 2.12. The molecule has 0 radical (unpaired) electrons. The number of carbonyl (C=O) groups excluding carboxylic acids is 2. The van der Waals surface area contributed by atoms with Crippen molar-refractivity contribution in [1.82, 2.24) is 0 Å². The van der Waals surface area contributed by atoms with Crippen molar-refractivity contribution in [3.63, 3.8) is 0 Å². The lowest BCUT2D eigenvalue weighted by Crippen LogP contribution is -2.29. The maximum Gasteiger partial charge on any atom is 0.469 e. The van der Waals surface area contributed by atoms with E-state index in [0.29, 0.717) is 25.0 Å². The zero-order valence-electron chi connectivity index (χ0n) is 34.0. The van der Waals surface area contributed by atoms with Crippen LogP contribution in [0.3, 0.4) is 0 Å². The van der Waals surface area contributed by atoms with E-state index in [0.717, 1.165) is 70.6 Å². The Hall–Kier alpha value is -2.81. The molecule has 2 unspecified atom stereocenters. The van der Waals surface area contributed by atoms with Crippen LogP contribution in [-0.2, 0) is 32.9 Å². The fourth-order valence-electron chi connectivity index (χ4n) is 5.59. The number of esters is 2. The minimum absolute atomic E-state index is 0.0772. The van der Waals surface area contributed by atoms with Crippen molar-refractivity contribution in [2.75, 3.05) is 13.2 Å². The second-order valence-electron chi connectivity index (χ2n) is 14.0. The highest BCUT2D eigenvalue weighted by Crippen LogP contribution is 2.36. The number of ether oxygens (including phenoxy) is 3. The predicted octanol–water partition coefficient (Wildman–Crippen LogP) is 11.8. The number of rotatable bonds is 36. The molecular formula is C45H73O9P. The third-order valence-corrected chi connectivity index (χ3v) is 9.30. The van der Waals surface area contributed by atoms with Crippen molar-refractivity contribution in [2.24, 2.45) is 0 Å². The maximum absolute atomic E-state index is 12.4. The van der Waals surface area contributed by atoms with E-state index < -0.39 is 32.5 Å². The van der Waals surface area contributed by atoms with Gasteiger partial charge in [-0.15, -0.1) is 0 Å². The summed E-state index contributed by atoms with van der Waals surface area (Å²) < 4.78 is 32.0. The molecule has 1 saturated heterocycles. The van der Waals surface area contributed by atoms with E-state index in [9.17, 15) is 14.2 Å². The lowest BCUT2D eigenvalue weighted by atomic mass is 10.1. The monoisotopic (exact) mass is 788 g/mol. The molecule has 312 valence electrons. The topological polar surface area (TPSA) is 132 Å². The molecule has 2 N–H and O–H groups in total. The van der Waals surface area contributed by atoms with E-state index in [4.69, 9.17) is 24.0 Å². The molecule has 10 heteroatoms. The molecule has 0 aliphatic carbocycles. The molecule has 1 rings (SSSR count). The summed E-state index contributed by atoms with van der Waals surface area (Å²) in [6.07, 6.45) is 50.7. The van der Waals surface area contributed by atoms with Gasteiger partial charge in [0.1, 0.15) is 6.61 Å². The Kier molecular flexibility index (Phi) is 32.5. The zero-order valence-corrected chi connectivity index (χ0v) is 34.9. The van der Waals surface area contributed by atoms with Gasteiger partial charge in [0.25, 0.3) is 0 Å². The summed E-state index contributed by atoms with van der Waals surface area (Å²) in [4.78, 5) is 42.8. The van der Waals surface area contributed by atoms with Gasteiger partial charge in [-0.05, 0) is 83.5 Å². The van der Waals surface area contributed by atoms with Gasteiger partial charge in [0.15, 0.2) is 6.10 Å². The summed E-state index contributed by atoms with van der Waals surface area (Å²) in [7, 11) is -4.79. The number of carbonyl (C=O) groups is 2. The first-order valence-corrected chi connectivity index (χ1v) is 22.5. The van der Waals surface area contributed by atoms with Crippen LogP contribution in [0.4, 0.5) is 0 Å². The minimum atomic E-state index is -4.79. The largest absolute Gasteiger partial charge is 0.469 e. The van der Waals surface area contributed by atoms with E-state index in [1.165, 1.54) is 44.9 Å². The summed E-state index contributed by atoms with van der Waals surface area (Å²) in [5.41, 5.74) is 0. The highest BCUT2D eigenvalue weighted by molar-refractivity contribution is 7.46. The van der Waals surface area contributed by atoms with E-state index in [1.54, 1.807) is 0 Å². The number of hydrogen-bond acceptors (Lipinski definition) is 7. The summed E-state index contributed by atoms with van der Waals surface area (Å²) in [6, 6.07) is 0. The molecular weight excluding hydrogens is 715 g/mol. The Morgan fingerprint density at radius 1 is 0.582 bits per heavy atom. The highest BCUT2D eigenvalue weighted by Gasteiger charge is 2.35. The van der Waals surface area contributed by atoms with Crippen molar-refractivity contribution < 1.29 is 42.7 Å². The molecule has 9 nitrogen and oxygen atoms in total. The number of phosphoric ester groups is 1. The van der Waals surface area contributed by atoms with Crippen LogP contribution in [0.2, 0.25) is 0 Å². The molecule has 1 heterocycles. The Morgan fingerprint density at radius 2 is 1.07 bits per heavy atom. The van der Waals surface area contributed by atoms with Crippen LogP contribution in [0.15, 0.2) is 85.1 Å². The summed E-state index contributed by atoms with van der Waals surface area (Å²) in [5.74, 6) is -1.00. The van der Waals surface area contributed by atoms with Gasteiger partial charge < -0.3 is 24.0 Å². The molecule has 1 aliphatic heterocycles. The van der Waals surface area contributed by atoms with Crippen LogP contribution in [0, 0.1) is 0 Å². The molecule has 1 aliphatic rings. The van der Waals surface area contributed by atoms with Crippen LogP contribution in [0.1, 0.15) is 155 Å². The van der Waals surface area contributed by atoms with E-state index in [-0.39, 0.29) is 19.4 Å². The van der Waals surface area contributed by atoms with E-state index in [2.05, 4.69) is 91.3 Å². The van der Waals surface area contributed by atoms with Gasteiger partial charge in [-0.25, -0.2) is 4.57 Å². The average molecular weight is 789 g/mol. The van der Waals surface area contributed by atoms with Gasteiger partial charge in [-0.1, -0.05) is 144 Å². The van der Waals surface area contributed by atoms with Gasteiger partial charge in [0.05, 0.1) is 18.8 Å². The molecule has 55 heavy (non-hydrogen) atoms. The van der Waals surface area contributed by atoms with Crippen LogP contribution >= 0.6 is 7.82 Å². The summed E-state index contributed by atoms with van der Waals surface area (Å²) >= 11 is 0. The molecule has 0 saturated carbocycles. The zero-order chi connectivity index (χ0) is 40.1. The van der Waals surface area contributed by atoms with Crippen molar-refractivity contribution in [3.8, 4) is 0 Å². The van der Waals surface area contributed by atoms with Crippen molar-refractivity contribution in [3.05, 3.63) is 85.1 Å². The van der Waals surface area contributed by atoms with Crippen molar-refractivity contribution in [2.45, 2.75) is 173 Å². The first kappa shape index (κ1) is 50.2. The predicted molar refractivity (Wildman–Crippen MR) is 224 cm³/mol. The van der Waals surface area contributed by atoms with Crippen molar-refractivity contribution >= 4 is 19.8 Å². The van der Waals surface area contributed by atoms with Gasteiger partial charge >= 0.3 is 19.8 Å². The molecule has 0 spiro atoms. The van der Waals surface area contributed by atoms with Gasteiger partial charge in [0.2, 0.25) is 0 Å². The number of phosphoric acid groups is 1. The van der Waals surface area contributed by atoms with E-state index in [1.807, 2.05) is 12.2 Å². The maximum atomic E-state index is 12.4. The number of allylic oxidation sites excluding steroid dienone is 12. The standard InChI is InChI=1S/C45H73O9P/c1-3-5-7-8-9-10-11-12-13-14-15-16-20-23-26-29-33-37-44(46)51-39-41(40-52-55(48,49)50)53-45(47)38-34-30-27-24-21-18-17-19-22-25-28-32-36-43-42(54-43)35-31-6-4-2/h6,9-10,12-13,18-19,21-22,27-28,30-32,41-43H,3-5,7-8,11,14-17,20,23-26,29,33-40H2,1-2H3,(H2,48,49,50)/b10-9-,13-12-,21-18-,22-19-,30-27-,31-6-,32-28-/t41-,42?,43?/m1/s1. The first-order chi connectivity index (χ1) is 26.7. The van der Waals surface area contributed by atoms with Crippen LogP contribution in [-0.4, -0.2) is 53.3 Å². The van der Waals surface area contributed by atoms with Crippen LogP contribution in [0.25, 0.3) is 0 Å². The normalized spacial score (nSPS) is 17.0. The molecule has 0 aromatic carbocycles. The van der Waals surface area contributed by atoms with Crippen LogP contribution in [0.5, 0.6) is 0 Å². The third kappa shape index (κ3) is 35.4. The number of epoxide rings is 1. The van der Waals surface area contributed by atoms with Crippen LogP contribution < -0.4 is 0 Å². The minimum Gasteiger partial charge on any atom is -0.462 e. The Labute approximate surface area is 333 Å². The van der Waals surface area contributed by atoms with Gasteiger partial charge in [-0.3, -0.25) is 14.1 Å². The fourth-order valence-corrected chi connectivity index (χ4v) is 5.95. The molecule has 0 aromatic heterocycles. The molecule has 0 amide bonds. The fraction of sp³-hybridized carbons (Fsp3) is 0.644. The number of hydrogen-bond donors (Lipinski definition) is 2. The lowest BCUT2D eigenvalue weighted by molar-refractivity contribution is -0.161. The van der Waals surface area contributed by atoms with Gasteiger partial charge in [0, 0.05) is 12.8 Å². The first-order valence-electron chi connectivity index (χ1n) is 21.0. The summed E-state index contributed by atoms with van der Waals surface area (Å²) in [5, 5.41) is 0. The molecule has 3 atom stereocenters. The SMILES string of the molecule is CC/C=C\CC1OC1C/C=C\C/C=C\C/C=C\C/C=C\CCC(=O)O[C@H](COC(=O)CCCCCCCCC/C=C\C/C=C\CCCCC)COP(=O)(O)O.